The second-order valence-electron chi connectivity index (χ2n) is 7.35. The summed E-state index contributed by atoms with van der Waals surface area (Å²) in [5.74, 6) is 0.785. The molecule has 0 bridgehead atoms. The van der Waals surface area contributed by atoms with Gasteiger partial charge >= 0.3 is 5.97 Å². The molecule has 2 saturated heterocycles. The molecular formula is C19H36N2O4S2. The van der Waals surface area contributed by atoms with Crippen LogP contribution < -0.4 is 0 Å². The summed E-state index contributed by atoms with van der Waals surface area (Å²) < 4.78 is 16.7. The number of thiol groups is 2. The van der Waals surface area contributed by atoms with E-state index < -0.39 is 0 Å². The largest absolute Gasteiger partial charge is 0.460 e. The van der Waals surface area contributed by atoms with E-state index in [1.54, 1.807) is 0 Å². The van der Waals surface area contributed by atoms with Crippen LogP contribution in [0.3, 0.4) is 0 Å². The Morgan fingerprint density at radius 1 is 0.926 bits per heavy atom. The van der Waals surface area contributed by atoms with Gasteiger partial charge in [-0.2, -0.15) is 25.3 Å². The van der Waals surface area contributed by atoms with Crippen molar-refractivity contribution >= 4 is 31.2 Å². The van der Waals surface area contributed by atoms with E-state index >= 15 is 0 Å². The van der Waals surface area contributed by atoms with E-state index in [-0.39, 0.29) is 12.1 Å². The molecule has 6 nitrogen and oxygen atoms in total. The van der Waals surface area contributed by atoms with Crippen molar-refractivity contribution in [1.82, 2.24) is 9.80 Å². The average molecular weight is 421 g/mol. The number of nitrogens with zero attached hydrogens (tertiary/aromatic N) is 2. The topological polar surface area (TPSA) is 51.2 Å². The van der Waals surface area contributed by atoms with Crippen LogP contribution in [0.2, 0.25) is 0 Å². The molecule has 1 atom stereocenters. The molecule has 0 aromatic carbocycles. The summed E-state index contributed by atoms with van der Waals surface area (Å²) in [5, 5.41) is 0.383. The molecule has 0 aromatic heterocycles. The summed E-state index contributed by atoms with van der Waals surface area (Å²) in [6.45, 7) is 8.24. The van der Waals surface area contributed by atoms with Gasteiger partial charge in [-0.15, -0.1) is 0 Å². The Morgan fingerprint density at radius 3 is 2.00 bits per heavy atom. The average Bonchev–Trinajstić information content (AvgIpc) is 2.67. The molecule has 2 fully saturated rings. The fourth-order valence-electron chi connectivity index (χ4n) is 3.46. The fourth-order valence-corrected chi connectivity index (χ4v) is 4.29. The molecule has 27 heavy (non-hydrogen) atoms. The predicted molar refractivity (Wildman–Crippen MR) is 114 cm³/mol. The first kappa shape index (κ1) is 23.3. The third-order valence-corrected chi connectivity index (χ3v) is 5.83. The third-order valence-electron chi connectivity index (χ3n) is 5.06. The Kier molecular flexibility index (Phi) is 12.1. The summed E-state index contributed by atoms with van der Waals surface area (Å²) in [4.78, 5) is 17.0. The monoisotopic (exact) mass is 420 g/mol. The summed E-state index contributed by atoms with van der Waals surface area (Å²) in [5.41, 5.74) is 0. The minimum atomic E-state index is -0.0875. The number of rotatable bonds is 12. The van der Waals surface area contributed by atoms with Gasteiger partial charge in [-0.3, -0.25) is 14.6 Å². The maximum atomic E-state index is 12.4. The first-order chi connectivity index (χ1) is 13.2. The Hall–Kier alpha value is 0.01000. The SMILES string of the molecule is O=C(CCCC[C@@H](S)CCS)OC(CN1CCOCC1)CN1CCOCC1. The fraction of sp³-hybridized carbons (Fsp3) is 0.947. The van der Waals surface area contributed by atoms with Crippen LogP contribution in [-0.4, -0.2) is 98.6 Å². The minimum absolute atomic E-state index is 0.0774. The molecule has 158 valence electrons. The van der Waals surface area contributed by atoms with Gasteiger partial charge in [0, 0.05) is 50.9 Å². The molecule has 2 rings (SSSR count). The molecule has 0 saturated carbocycles. The van der Waals surface area contributed by atoms with Crippen LogP contribution >= 0.6 is 25.3 Å². The lowest BCUT2D eigenvalue weighted by Gasteiger charge is -2.34. The van der Waals surface area contributed by atoms with E-state index in [1.165, 1.54) is 0 Å². The highest BCUT2D eigenvalue weighted by atomic mass is 32.1. The maximum absolute atomic E-state index is 12.4. The van der Waals surface area contributed by atoms with Crippen molar-refractivity contribution in [2.75, 3.05) is 71.4 Å². The van der Waals surface area contributed by atoms with Gasteiger partial charge in [0.05, 0.1) is 26.4 Å². The number of esters is 1. The maximum Gasteiger partial charge on any atom is 0.306 e. The van der Waals surface area contributed by atoms with Crippen LogP contribution in [0, 0.1) is 0 Å². The van der Waals surface area contributed by atoms with Crippen LogP contribution in [0.5, 0.6) is 0 Å². The zero-order valence-corrected chi connectivity index (χ0v) is 18.2. The van der Waals surface area contributed by atoms with Gasteiger partial charge < -0.3 is 14.2 Å². The highest BCUT2D eigenvalue weighted by molar-refractivity contribution is 7.81. The van der Waals surface area contributed by atoms with Gasteiger partial charge in [-0.1, -0.05) is 6.42 Å². The highest BCUT2D eigenvalue weighted by Crippen LogP contribution is 2.14. The lowest BCUT2D eigenvalue weighted by Crippen LogP contribution is -2.48. The van der Waals surface area contributed by atoms with Gasteiger partial charge in [0.1, 0.15) is 6.10 Å². The normalized spacial score (nSPS) is 20.7. The molecule has 8 heteroatoms. The van der Waals surface area contributed by atoms with Crippen molar-refractivity contribution in [2.45, 2.75) is 43.5 Å². The molecule has 0 radical (unpaired) electrons. The quantitative estimate of drug-likeness (QED) is 0.285. The number of carbonyl (C=O) groups excluding carboxylic acids is 1. The molecule has 0 spiro atoms. The first-order valence-electron chi connectivity index (χ1n) is 10.3. The second kappa shape index (κ2) is 14.1. The molecule has 0 aliphatic carbocycles. The van der Waals surface area contributed by atoms with E-state index in [0.717, 1.165) is 97.1 Å². The van der Waals surface area contributed by atoms with Crippen LogP contribution in [0.25, 0.3) is 0 Å². The van der Waals surface area contributed by atoms with Gasteiger partial charge in [-0.25, -0.2) is 0 Å². The number of hydrogen-bond donors (Lipinski definition) is 2. The number of unbranched alkanes of at least 4 members (excludes halogenated alkanes) is 1. The summed E-state index contributed by atoms with van der Waals surface area (Å²) >= 11 is 8.78. The van der Waals surface area contributed by atoms with Gasteiger partial charge in [0.15, 0.2) is 0 Å². The molecule has 2 heterocycles. The van der Waals surface area contributed by atoms with Crippen molar-refractivity contribution in [3.05, 3.63) is 0 Å². The lowest BCUT2D eigenvalue weighted by atomic mass is 10.1. The van der Waals surface area contributed by atoms with Gasteiger partial charge in [0.25, 0.3) is 0 Å². The van der Waals surface area contributed by atoms with E-state index in [0.29, 0.717) is 11.7 Å². The zero-order chi connectivity index (χ0) is 19.3. The zero-order valence-electron chi connectivity index (χ0n) is 16.4. The van der Waals surface area contributed by atoms with Crippen LogP contribution in [0.15, 0.2) is 0 Å². The third kappa shape index (κ3) is 10.4. The van der Waals surface area contributed by atoms with E-state index in [9.17, 15) is 4.79 Å². The van der Waals surface area contributed by atoms with Crippen LogP contribution in [-0.2, 0) is 19.0 Å². The second-order valence-corrected chi connectivity index (χ2v) is 8.53. The summed E-state index contributed by atoms with van der Waals surface area (Å²) in [6.07, 6.45) is 4.32. The van der Waals surface area contributed by atoms with E-state index in [4.69, 9.17) is 14.2 Å². The van der Waals surface area contributed by atoms with Crippen molar-refractivity contribution in [3.63, 3.8) is 0 Å². The van der Waals surface area contributed by atoms with Crippen LogP contribution in [0.1, 0.15) is 32.1 Å². The lowest BCUT2D eigenvalue weighted by molar-refractivity contribution is -0.152. The number of hydrogen-bond acceptors (Lipinski definition) is 8. The summed E-state index contributed by atoms with van der Waals surface area (Å²) in [7, 11) is 0. The molecule has 0 unspecified atom stereocenters. The molecule has 0 N–H and O–H groups in total. The number of morpholine rings is 2. The van der Waals surface area contributed by atoms with E-state index in [2.05, 4.69) is 35.1 Å². The Morgan fingerprint density at radius 2 is 1.48 bits per heavy atom. The summed E-state index contributed by atoms with van der Waals surface area (Å²) in [6, 6.07) is 0. The van der Waals surface area contributed by atoms with Crippen molar-refractivity contribution in [2.24, 2.45) is 0 Å². The Balaban J connectivity index is 1.72. The Labute approximate surface area is 175 Å². The molecule has 2 aliphatic heterocycles. The highest BCUT2D eigenvalue weighted by Gasteiger charge is 2.23. The molecular weight excluding hydrogens is 384 g/mol. The van der Waals surface area contributed by atoms with Gasteiger partial charge in [0.2, 0.25) is 0 Å². The van der Waals surface area contributed by atoms with E-state index in [1.807, 2.05) is 0 Å². The van der Waals surface area contributed by atoms with Crippen molar-refractivity contribution < 1.29 is 19.0 Å². The molecule has 2 aliphatic rings. The predicted octanol–water partition coefficient (Wildman–Crippen LogP) is 1.74. The standard InChI is InChI=1S/C19H36N2O4S2/c22-19(4-2-1-3-18(27)5-14-26)25-17(15-20-6-10-23-11-7-20)16-21-8-12-24-13-9-21/h17-18,26-27H,1-16H2/t18-/m1/s1. The smallest absolute Gasteiger partial charge is 0.306 e. The first-order valence-corrected chi connectivity index (χ1v) is 11.4. The van der Waals surface area contributed by atoms with Crippen molar-refractivity contribution in [3.8, 4) is 0 Å². The van der Waals surface area contributed by atoms with Gasteiger partial charge in [-0.05, 0) is 25.0 Å². The number of carbonyl (C=O) groups is 1. The molecule has 0 amide bonds. The molecule has 0 aromatic rings. The Bertz CT molecular complexity index is 385. The number of ether oxygens (including phenoxy) is 3. The van der Waals surface area contributed by atoms with Crippen LogP contribution in [0.4, 0.5) is 0 Å². The van der Waals surface area contributed by atoms with Crippen molar-refractivity contribution in [1.29, 1.82) is 0 Å². The minimum Gasteiger partial charge on any atom is -0.460 e.